The lowest BCUT2D eigenvalue weighted by Crippen LogP contribution is -2.39. The fourth-order valence-electron chi connectivity index (χ4n) is 2.18. The molecule has 3 rings (SSSR count). The molecular weight excluding hydrogens is 228 g/mol. The molecule has 0 aromatic carbocycles. The van der Waals surface area contributed by atoms with Crippen LogP contribution in [0.3, 0.4) is 0 Å². The van der Waals surface area contributed by atoms with Crippen molar-refractivity contribution in [1.29, 1.82) is 0 Å². The predicted octanol–water partition coefficient (Wildman–Crippen LogP) is 1.38. The van der Waals surface area contributed by atoms with E-state index in [0.717, 1.165) is 22.7 Å². The van der Waals surface area contributed by atoms with Crippen molar-refractivity contribution in [2.24, 2.45) is 5.73 Å². The summed E-state index contributed by atoms with van der Waals surface area (Å²) in [6, 6.07) is 5.60. The topological polar surface area (TPSA) is 91.0 Å². The number of aromatic nitrogens is 2. The van der Waals surface area contributed by atoms with E-state index in [2.05, 4.69) is 10.1 Å². The summed E-state index contributed by atoms with van der Waals surface area (Å²) in [6.07, 6.45) is 4.43. The average Bonchev–Trinajstić information content (AvgIpc) is 2.77. The number of hydrogen-bond acceptors (Lipinski definition) is 5. The van der Waals surface area contributed by atoms with E-state index >= 15 is 0 Å². The zero-order chi connectivity index (χ0) is 12.8. The van der Waals surface area contributed by atoms with Gasteiger partial charge in [-0.25, -0.2) is 4.98 Å². The number of aryl methyl sites for hydroxylation is 1. The maximum Gasteiger partial charge on any atom is 0.134 e. The molecule has 4 N–H and O–H groups in total. The lowest BCUT2D eigenvalue weighted by Gasteiger charge is -2.27. The third kappa shape index (κ3) is 1.69. The summed E-state index contributed by atoms with van der Waals surface area (Å²) in [5.74, 6) is 1.27. The Morgan fingerprint density at radius 2 is 2.22 bits per heavy atom. The Morgan fingerprint density at radius 1 is 1.39 bits per heavy atom. The number of nitrogens with zero attached hydrogens (tertiary/aromatic N) is 2. The van der Waals surface area contributed by atoms with Gasteiger partial charge in [0.25, 0.3) is 0 Å². The van der Waals surface area contributed by atoms with Crippen LogP contribution in [0.4, 0.5) is 5.82 Å². The van der Waals surface area contributed by atoms with Crippen molar-refractivity contribution >= 4 is 11.9 Å². The molecule has 2 aromatic heterocycles. The second kappa shape index (κ2) is 3.68. The molecule has 0 bridgehead atoms. The molecule has 0 radical (unpaired) electrons. The summed E-state index contributed by atoms with van der Waals surface area (Å²) >= 11 is 0. The average molecular weight is 242 g/mol. The Morgan fingerprint density at radius 3 is 2.94 bits per heavy atom. The van der Waals surface area contributed by atoms with E-state index in [1.54, 1.807) is 6.07 Å². The van der Waals surface area contributed by atoms with Crippen LogP contribution in [0, 0.1) is 6.92 Å². The fraction of sp³-hybridized carbons (Fsp3) is 0.231. The molecule has 5 nitrogen and oxygen atoms in total. The van der Waals surface area contributed by atoms with Gasteiger partial charge in [0.2, 0.25) is 0 Å². The summed E-state index contributed by atoms with van der Waals surface area (Å²) < 4.78 is 5.09. The third-order valence-electron chi connectivity index (χ3n) is 3.16. The Bertz CT molecular complexity index is 632. The second-order valence-corrected chi connectivity index (χ2v) is 4.65. The summed E-state index contributed by atoms with van der Waals surface area (Å²) in [5.41, 5.74) is 14.1. The Labute approximate surface area is 104 Å². The maximum absolute atomic E-state index is 6.38. The van der Waals surface area contributed by atoms with E-state index in [9.17, 15) is 0 Å². The van der Waals surface area contributed by atoms with E-state index in [4.69, 9.17) is 16.0 Å². The molecule has 0 fully saturated rings. The van der Waals surface area contributed by atoms with Gasteiger partial charge in [0.15, 0.2) is 0 Å². The van der Waals surface area contributed by atoms with E-state index < -0.39 is 5.54 Å². The van der Waals surface area contributed by atoms with Crippen molar-refractivity contribution < 1.29 is 4.52 Å². The van der Waals surface area contributed by atoms with Crippen LogP contribution < -0.4 is 11.5 Å². The zero-order valence-electron chi connectivity index (χ0n) is 10.1. The minimum Gasteiger partial charge on any atom is -0.384 e. The molecule has 2 aromatic rings. The molecule has 0 saturated carbocycles. The van der Waals surface area contributed by atoms with Crippen molar-refractivity contribution in [3.05, 3.63) is 47.0 Å². The number of hydrogen-bond donors (Lipinski definition) is 2. The highest BCUT2D eigenvalue weighted by Crippen LogP contribution is 2.31. The first kappa shape index (κ1) is 11.0. The zero-order valence-corrected chi connectivity index (χ0v) is 10.1. The molecule has 0 saturated heterocycles. The van der Waals surface area contributed by atoms with Gasteiger partial charge in [-0.1, -0.05) is 17.3 Å². The SMILES string of the molecule is Cc1cc(C2(N)C=Cc3nc(N)ccc3C2)no1. The van der Waals surface area contributed by atoms with E-state index in [1.165, 1.54) is 0 Å². The van der Waals surface area contributed by atoms with E-state index in [1.807, 2.05) is 31.2 Å². The van der Waals surface area contributed by atoms with Crippen LogP contribution in [0.1, 0.15) is 22.7 Å². The molecule has 1 unspecified atom stereocenters. The predicted molar refractivity (Wildman–Crippen MR) is 68.5 cm³/mol. The number of nitrogen functional groups attached to an aromatic ring is 1. The Balaban J connectivity index is 2.02. The summed E-state index contributed by atoms with van der Waals surface area (Å²) in [5, 5.41) is 4.01. The first-order valence-electron chi connectivity index (χ1n) is 5.74. The van der Waals surface area contributed by atoms with Crippen molar-refractivity contribution in [2.45, 2.75) is 18.9 Å². The number of pyridine rings is 1. The minimum atomic E-state index is -0.636. The maximum atomic E-state index is 6.38. The van der Waals surface area contributed by atoms with Gasteiger partial charge in [-0.15, -0.1) is 0 Å². The van der Waals surface area contributed by atoms with Crippen LogP contribution in [0.5, 0.6) is 0 Å². The molecule has 92 valence electrons. The van der Waals surface area contributed by atoms with Gasteiger partial charge in [0.1, 0.15) is 17.3 Å². The largest absolute Gasteiger partial charge is 0.384 e. The van der Waals surface area contributed by atoms with Crippen LogP contribution in [-0.4, -0.2) is 10.1 Å². The van der Waals surface area contributed by atoms with Gasteiger partial charge in [0, 0.05) is 12.5 Å². The first-order valence-corrected chi connectivity index (χ1v) is 5.74. The van der Waals surface area contributed by atoms with Crippen molar-refractivity contribution in [3.8, 4) is 0 Å². The Hall–Kier alpha value is -2.14. The van der Waals surface area contributed by atoms with E-state index in [0.29, 0.717) is 12.2 Å². The van der Waals surface area contributed by atoms with Gasteiger partial charge >= 0.3 is 0 Å². The van der Waals surface area contributed by atoms with E-state index in [-0.39, 0.29) is 0 Å². The summed E-state index contributed by atoms with van der Waals surface area (Å²) in [6.45, 7) is 1.85. The van der Waals surface area contributed by atoms with Gasteiger partial charge in [-0.05, 0) is 24.6 Å². The normalized spacial score (nSPS) is 21.9. The van der Waals surface area contributed by atoms with Crippen LogP contribution in [0.2, 0.25) is 0 Å². The molecule has 1 aliphatic carbocycles. The van der Waals surface area contributed by atoms with Gasteiger partial charge < -0.3 is 16.0 Å². The van der Waals surface area contributed by atoms with Gasteiger partial charge in [0.05, 0.1) is 11.2 Å². The molecule has 0 amide bonds. The molecule has 1 aliphatic rings. The van der Waals surface area contributed by atoms with Crippen molar-refractivity contribution in [3.63, 3.8) is 0 Å². The minimum absolute atomic E-state index is 0.514. The molecule has 18 heavy (non-hydrogen) atoms. The molecule has 2 heterocycles. The van der Waals surface area contributed by atoms with Crippen LogP contribution in [0.25, 0.3) is 6.08 Å². The highest BCUT2D eigenvalue weighted by Gasteiger charge is 2.32. The number of anilines is 1. The first-order chi connectivity index (χ1) is 8.57. The second-order valence-electron chi connectivity index (χ2n) is 4.65. The molecular formula is C13H14N4O. The molecule has 0 aliphatic heterocycles. The van der Waals surface area contributed by atoms with Crippen molar-refractivity contribution in [2.75, 3.05) is 5.73 Å². The Kier molecular flexibility index (Phi) is 2.24. The number of rotatable bonds is 1. The lowest BCUT2D eigenvalue weighted by atomic mass is 9.83. The monoisotopic (exact) mass is 242 g/mol. The lowest BCUT2D eigenvalue weighted by molar-refractivity contribution is 0.373. The smallest absolute Gasteiger partial charge is 0.134 e. The standard InChI is InChI=1S/C13H14N4O/c1-8-6-11(17-18-8)13(15)5-4-10-9(7-13)2-3-12(14)16-10/h2-6H,7,15H2,1H3,(H2,14,16). The third-order valence-corrected chi connectivity index (χ3v) is 3.16. The quantitative estimate of drug-likeness (QED) is 0.788. The summed E-state index contributed by atoms with van der Waals surface area (Å²) in [7, 11) is 0. The number of nitrogens with two attached hydrogens (primary N) is 2. The molecule has 5 heteroatoms. The van der Waals surface area contributed by atoms with Crippen LogP contribution in [0.15, 0.2) is 28.8 Å². The number of fused-ring (bicyclic) bond motifs is 1. The molecule has 1 atom stereocenters. The molecule has 0 spiro atoms. The highest BCUT2D eigenvalue weighted by molar-refractivity contribution is 5.58. The summed E-state index contributed by atoms with van der Waals surface area (Å²) in [4.78, 5) is 4.27. The van der Waals surface area contributed by atoms with Crippen LogP contribution >= 0.6 is 0 Å². The van der Waals surface area contributed by atoms with Crippen molar-refractivity contribution in [1.82, 2.24) is 10.1 Å². The fourth-order valence-corrected chi connectivity index (χ4v) is 2.18. The van der Waals surface area contributed by atoms with Gasteiger partial charge in [-0.2, -0.15) is 0 Å². The highest BCUT2D eigenvalue weighted by atomic mass is 16.5. The van der Waals surface area contributed by atoms with Gasteiger partial charge in [-0.3, -0.25) is 0 Å². The van der Waals surface area contributed by atoms with Crippen LogP contribution in [-0.2, 0) is 12.0 Å².